The summed E-state index contributed by atoms with van der Waals surface area (Å²) < 4.78 is 0. The molecule has 0 aromatic carbocycles. The number of rotatable bonds is 0. The first-order chi connectivity index (χ1) is 7.23. The van der Waals surface area contributed by atoms with Crippen LogP contribution in [-0.2, 0) is 0 Å². The van der Waals surface area contributed by atoms with Crippen molar-refractivity contribution < 1.29 is 0 Å². The average molecular weight is 226 g/mol. The highest BCUT2D eigenvalue weighted by atomic mass is 14.4. The highest BCUT2D eigenvalue weighted by molar-refractivity contribution is 4.89. The monoisotopic (exact) mass is 226 g/mol. The van der Waals surface area contributed by atoms with Gasteiger partial charge in [0.25, 0.3) is 0 Å². The molecule has 1 rings (SSSR count). The van der Waals surface area contributed by atoms with Crippen LogP contribution in [0.1, 0.15) is 81.1 Å². The van der Waals surface area contributed by atoms with Crippen LogP contribution in [0, 0.1) is 22.7 Å². The molecular weight excluding hydrogens is 192 g/mol. The van der Waals surface area contributed by atoms with E-state index in [2.05, 4.69) is 41.5 Å². The second-order valence-electron chi connectivity index (χ2n) is 7.23. The van der Waals surface area contributed by atoms with E-state index in [-0.39, 0.29) is 0 Å². The second kappa shape index (κ2) is 6.07. The molecule has 1 fully saturated rings. The smallest absolute Gasteiger partial charge is 0.0332 e. The van der Waals surface area contributed by atoms with Crippen LogP contribution >= 0.6 is 0 Å². The molecule has 0 N–H and O–H groups in total. The summed E-state index contributed by atoms with van der Waals surface area (Å²) in [7, 11) is 0. The van der Waals surface area contributed by atoms with Crippen LogP contribution in [0.3, 0.4) is 0 Å². The van der Waals surface area contributed by atoms with Crippen molar-refractivity contribution in [3.63, 3.8) is 0 Å². The summed E-state index contributed by atoms with van der Waals surface area (Å²) >= 11 is 0. The van der Waals surface area contributed by atoms with Gasteiger partial charge in [-0.25, -0.2) is 0 Å². The van der Waals surface area contributed by atoms with Crippen LogP contribution in [0.15, 0.2) is 0 Å². The first-order valence-corrected chi connectivity index (χ1v) is 7.23. The summed E-state index contributed by atoms with van der Waals surface area (Å²) in [5.74, 6) is 1.85. The van der Waals surface area contributed by atoms with Gasteiger partial charge in [0.2, 0.25) is 0 Å². The van der Waals surface area contributed by atoms with Crippen LogP contribution in [0.2, 0.25) is 0 Å². The lowest BCUT2D eigenvalue weighted by molar-refractivity contribution is 0.0335. The van der Waals surface area contributed by atoms with E-state index in [1.54, 1.807) is 0 Å². The highest BCUT2D eigenvalue weighted by Gasteiger charge is 2.39. The number of hydrogen-bond acceptors (Lipinski definition) is 0. The molecular formula is C16H34. The van der Waals surface area contributed by atoms with Gasteiger partial charge in [-0.2, -0.15) is 0 Å². The molecule has 2 unspecified atom stereocenters. The maximum Gasteiger partial charge on any atom is -0.0332 e. The summed E-state index contributed by atoms with van der Waals surface area (Å²) in [4.78, 5) is 0. The van der Waals surface area contributed by atoms with Gasteiger partial charge in [0.15, 0.2) is 0 Å². The lowest BCUT2D eigenvalue weighted by atomic mass is 9.59. The normalized spacial score (nSPS) is 27.0. The third kappa shape index (κ3) is 4.47. The Balaban J connectivity index is 0.00000106. The Morgan fingerprint density at radius 2 is 0.875 bits per heavy atom. The van der Waals surface area contributed by atoms with Crippen molar-refractivity contribution in [1.82, 2.24) is 0 Å². The summed E-state index contributed by atoms with van der Waals surface area (Å²) in [6, 6.07) is 0. The van der Waals surface area contributed by atoms with Crippen molar-refractivity contribution in [3.8, 4) is 0 Å². The predicted molar refractivity (Wildman–Crippen MR) is 75.7 cm³/mol. The van der Waals surface area contributed by atoms with Gasteiger partial charge in [0, 0.05) is 0 Å². The minimum Gasteiger partial charge on any atom is -0.0683 e. The van der Waals surface area contributed by atoms with Gasteiger partial charge >= 0.3 is 0 Å². The molecule has 2 atom stereocenters. The summed E-state index contributed by atoms with van der Waals surface area (Å²) in [6.45, 7) is 18.5. The van der Waals surface area contributed by atoms with E-state index in [0.717, 1.165) is 11.8 Å². The van der Waals surface area contributed by atoms with Crippen molar-refractivity contribution in [1.29, 1.82) is 0 Å². The maximum atomic E-state index is 2.42. The molecule has 1 aliphatic carbocycles. The molecule has 0 heteroatoms. The molecule has 0 heterocycles. The molecule has 0 spiro atoms. The second-order valence-corrected chi connectivity index (χ2v) is 7.23. The topological polar surface area (TPSA) is 0 Å². The molecule has 0 aliphatic heterocycles. The molecule has 0 saturated heterocycles. The minimum absolute atomic E-state index is 0.498. The lowest BCUT2D eigenvalue weighted by Crippen LogP contribution is -2.38. The zero-order valence-corrected chi connectivity index (χ0v) is 13.0. The molecule has 0 nitrogen and oxygen atoms in total. The predicted octanol–water partition coefficient (Wildman–Crippen LogP) is 5.91. The molecule has 0 bridgehead atoms. The largest absolute Gasteiger partial charge is 0.0683 e. The summed E-state index contributed by atoms with van der Waals surface area (Å²) in [5, 5.41) is 0. The third-order valence-corrected chi connectivity index (χ3v) is 3.99. The Kier molecular flexibility index (Phi) is 6.07. The maximum absolute atomic E-state index is 2.42. The first kappa shape index (κ1) is 16.0. The van der Waals surface area contributed by atoms with Crippen molar-refractivity contribution in [3.05, 3.63) is 0 Å². The van der Waals surface area contributed by atoms with E-state index in [1.807, 2.05) is 13.8 Å². The Morgan fingerprint density at radius 3 is 1.06 bits per heavy atom. The van der Waals surface area contributed by atoms with E-state index < -0.39 is 0 Å². The average Bonchev–Trinajstić information content (AvgIpc) is 2.18. The molecule has 0 aromatic rings. The van der Waals surface area contributed by atoms with Gasteiger partial charge in [-0.15, -0.1) is 0 Å². The summed E-state index contributed by atoms with van der Waals surface area (Å²) in [6.07, 6.45) is 5.81. The quantitative estimate of drug-likeness (QED) is 0.481. The Hall–Kier alpha value is 0. The van der Waals surface area contributed by atoms with Crippen molar-refractivity contribution in [2.75, 3.05) is 0 Å². The van der Waals surface area contributed by atoms with Crippen molar-refractivity contribution in [2.45, 2.75) is 81.1 Å². The fourth-order valence-electron chi connectivity index (χ4n) is 3.20. The third-order valence-electron chi connectivity index (χ3n) is 3.99. The van der Waals surface area contributed by atoms with Gasteiger partial charge in [0.05, 0.1) is 0 Å². The highest BCUT2D eigenvalue weighted by Crippen LogP contribution is 2.48. The first-order valence-electron chi connectivity index (χ1n) is 7.23. The van der Waals surface area contributed by atoms with Crippen LogP contribution in [0.5, 0.6) is 0 Å². The zero-order valence-electron chi connectivity index (χ0n) is 13.0. The molecule has 0 amide bonds. The number of hydrogen-bond donors (Lipinski definition) is 0. The standard InChI is InChI=1S/C14H28.C2H6/c1-13(2,3)11-9-7-8-10-12(11)14(4,5)6;1-2/h11-12H,7-10H2,1-6H3;1-2H3. The van der Waals surface area contributed by atoms with Gasteiger partial charge in [-0.1, -0.05) is 68.2 Å². The van der Waals surface area contributed by atoms with E-state index in [4.69, 9.17) is 0 Å². The summed E-state index contributed by atoms with van der Waals surface area (Å²) in [5.41, 5.74) is 0.997. The van der Waals surface area contributed by atoms with Gasteiger partial charge in [-0.05, 0) is 35.5 Å². The van der Waals surface area contributed by atoms with E-state index in [9.17, 15) is 0 Å². The molecule has 0 aromatic heterocycles. The van der Waals surface area contributed by atoms with Crippen LogP contribution in [0.4, 0.5) is 0 Å². The SMILES string of the molecule is CC.CC(C)(C)C1CCCCC1C(C)(C)C. The van der Waals surface area contributed by atoms with Gasteiger partial charge < -0.3 is 0 Å². The van der Waals surface area contributed by atoms with Crippen molar-refractivity contribution >= 4 is 0 Å². The molecule has 1 aliphatic rings. The lowest BCUT2D eigenvalue weighted by Gasteiger charge is -2.46. The van der Waals surface area contributed by atoms with Gasteiger partial charge in [0.1, 0.15) is 0 Å². The van der Waals surface area contributed by atoms with E-state index >= 15 is 0 Å². The van der Waals surface area contributed by atoms with E-state index in [0.29, 0.717) is 10.8 Å². The van der Waals surface area contributed by atoms with Crippen LogP contribution < -0.4 is 0 Å². The Bertz CT molecular complexity index is 155. The fourth-order valence-corrected chi connectivity index (χ4v) is 3.20. The Morgan fingerprint density at radius 1 is 0.625 bits per heavy atom. The molecule has 16 heavy (non-hydrogen) atoms. The zero-order chi connectivity index (χ0) is 13.0. The van der Waals surface area contributed by atoms with Crippen LogP contribution in [0.25, 0.3) is 0 Å². The van der Waals surface area contributed by atoms with E-state index in [1.165, 1.54) is 25.7 Å². The molecule has 98 valence electrons. The minimum atomic E-state index is 0.498. The van der Waals surface area contributed by atoms with Crippen LogP contribution in [-0.4, -0.2) is 0 Å². The molecule has 1 saturated carbocycles. The van der Waals surface area contributed by atoms with Crippen molar-refractivity contribution in [2.24, 2.45) is 22.7 Å². The molecule has 0 radical (unpaired) electrons. The van der Waals surface area contributed by atoms with Gasteiger partial charge in [-0.3, -0.25) is 0 Å². The Labute approximate surface area is 104 Å². The fraction of sp³-hybridized carbons (Fsp3) is 1.00.